The largest absolute Gasteiger partial charge is 0.376 e. The molecule has 0 amide bonds. The van der Waals surface area contributed by atoms with E-state index in [1.165, 1.54) is 0 Å². The minimum Gasteiger partial charge on any atom is -0.376 e. The zero-order valence-electron chi connectivity index (χ0n) is 6.14. The highest BCUT2D eigenvalue weighted by molar-refractivity contribution is 7.14. The molecule has 0 aromatic carbocycles. The van der Waals surface area contributed by atoms with Crippen molar-refractivity contribution in [3.8, 4) is 0 Å². The van der Waals surface area contributed by atoms with Crippen LogP contribution in [0.1, 0.15) is 6.42 Å². The zero-order chi connectivity index (χ0) is 8.10. The molecule has 1 rings (SSSR count). The van der Waals surface area contributed by atoms with Gasteiger partial charge in [0.2, 0.25) is 0 Å². The van der Waals surface area contributed by atoms with Gasteiger partial charge in [-0.15, -0.1) is 11.3 Å². The number of nitrogens with one attached hydrogen (secondary N) is 1. The number of anilines is 1. The van der Waals surface area contributed by atoms with Crippen LogP contribution in [-0.4, -0.2) is 13.1 Å². The fraction of sp³-hybridized carbons (Fsp3) is 0.429. The lowest BCUT2D eigenvalue weighted by atomic mass is 10.4. The summed E-state index contributed by atoms with van der Waals surface area (Å²) in [5.74, 6) is 0. The Hall–Kier alpha value is -0.250. The average Bonchev–Trinajstić information content (AvgIpc) is 2.37. The van der Waals surface area contributed by atoms with Crippen LogP contribution in [0.3, 0.4) is 0 Å². The van der Waals surface area contributed by atoms with Crippen molar-refractivity contribution in [3.63, 3.8) is 0 Å². The van der Waals surface area contributed by atoms with Gasteiger partial charge < -0.3 is 11.1 Å². The summed E-state index contributed by atoms with van der Waals surface area (Å²) in [6.45, 7) is 1.62. The van der Waals surface area contributed by atoms with Crippen LogP contribution >= 0.6 is 22.9 Å². The normalized spacial score (nSPS) is 10.0. The fourth-order valence-corrected chi connectivity index (χ4v) is 1.77. The molecule has 62 valence electrons. The second-order valence-electron chi connectivity index (χ2n) is 2.17. The summed E-state index contributed by atoms with van der Waals surface area (Å²) in [4.78, 5) is 0. The van der Waals surface area contributed by atoms with Crippen LogP contribution in [0.2, 0.25) is 5.02 Å². The van der Waals surface area contributed by atoms with E-state index in [-0.39, 0.29) is 0 Å². The lowest BCUT2D eigenvalue weighted by Crippen LogP contribution is -2.07. The molecule has 1 heterocycles. The summed E-state index contributed by atoms with van der Waals surface area (Å²) in [5.41, 5.74) is 5.34. The van der Waals surface area contributed by atoms with Gasteiger partial charge in [0.25, 0.3) is 0 Å². The van der Waals surface area contributed by atoms with E-state index in [0.717, 1.165) is 29.5 Å². The lowest BCUT2D eigenvalue weighted by molar-refractivity contribution is 0.876. The van der Waals surface area contributed by atoms with Crippen molar-refractivity contribution in [2.75, 3.05) is 18.4 Å². The molecular formula is C7H11ClN2S. The SMILES string of the molecule is NCCCNc1sccc1Cl. The second-order valence-corrected chi connectivity index (χ2v) is 3.49. The Morgan fingerprint density at radius 3 is 3.00 bits per heavy atom. The topological polar surface area (TPSA) is 38.0 Å². The first kappa shape index (κ1) is 8.84. The van der Waals surface area contributed by atoms with Gasteiger partial charge in [-0.3, -0.25) is 0 Å². The summed E-state index contributed by atoms with van der Waals surface area (Å²) in [6, 6.07) is 1.89. The van der Waals surface area contributed by atoms with Crippen molar-refractivity contribution < 1.29 is 0 Å². The molecule has 0 aliphatic heterocycles. The van der Waals surface area contributed by atoms with Crippen molar-refractivity contribution >= 4 is 27.9 Å². The van der Waals surface area contributed by atoms with E-state index in [9.17, 15) is 0 Å². The summed E-state index contributed by atoms with van der Waals surface area (Å²) in [6.07, 6.45) is 0.980. The Balaban J connectivity index is 2.32. The molecule has 0 radical (unpaired) electrons. The number of rotatable bonds is 4. The van der Waals surface area contributed by atoms with E-state index in [4.69, 9.17) is 17.3 Å². The number of nitrogens with two attached hydrogens (primary N) is 1. The van der Waals surface area contributed by atoms with Crippen LogP contribution in [0, 0.1) is 0 Å². The number of hydrogen-bond acceptors (Lipinski definition) is 3. The monoisotopic (exact) mass is 190 g/mol. The Morgan fingerprint density at radius 1 is 1.64 bits per heavy atom. The van der Waals surface area contributed by atoms with Gasteiger partial charge in [-0.2, -0.15) is 0 Å². The molecule has 3 N–H and O–H groups in total. The molecule has 0 saturated carbocycles. The maximum absolute atomic E-state index is 5.84. The van der Waals surface area contributed by atoms with Gasteiger partial charge in [0.05, 0.1) is 5.02 Å². The fourth-order valence-electron chi connectivity index (χ4n) is 0.724. The maximum Gasteiger partial charge on any atom is 0.107 e. The van der Waals surface area contributed by atoms with Crippen molar-refractivity contribution in [2.45, 2.75) is 6.42 Å². The molecule has 1 aromatic heterocycles. The van der Waals surface area contributed by atoms with Gasteiger partial charge in [0.1, 0.15) is 5.00 Å². The van der Waals surface area contributed by atoms with Crippen LogP contribution in [-0.2, 0) is 0 Å². The van der Waals surface area contributed by atoms with Crippen LogP contribution in [0.25, 0.3) is 0 Å². The minimum atomic E-state index is 0.718. The number of hydrogen-bond donors (Lipinski definition) is 2. The molecule has 11 heavy (non-hydrogen) atoms. The molecule has 1 aromatic rings. The van der Waals surface area contributed by atoms with Gasteiger partial charge >= 0.3 is 0 Å². The van der Waals surface area contributed by atoms with E-state index in [2.05, 4.69) is 5.32 Å². The van der Waals surface area contributed by atoms with Gasteiger partial charge in [-0.05, 0) is 24.4 Å². The summed E-state index contributed by atoms with van der Waals surface area (Å²) >= 11 is 7.45. The second kappa shape index (κ2) is 4.59. The van der Waals surface area contributed by atoms with Gasteiger partial charge in [0, 0.05) is 6.54 Å². The molecule has 0 fully saturated rings. The van der Waals surface area contributed by atoms with Gasteiger partial charge in [-0.25, -0.2) is 0 Å². The Kier molecular flexibility index (Phi) is 3.69. The predicted molar refractivity (Wildman–Crippen MR) is 51.5 cm³/mol. The number of thiophene rings is 1. The average molecular weight is 191 g/mol. The van der Waals surface area contributed by atoms with Crippen LogP contribution in [0.15, 0.2) is 11.4 Å². The van der Waals surface area contributed by atoms with Crippen molar-refractivity contribution in [1.82, 2.24) is 0 Å². The van der Waals surface area contributed by atoms with Crippen molar-refractivity contribution in [3.05, 3.63) is 16.5 Å². The van der Waals surface area contributed by atoms with E-state index < -0.39 is 0 Å². The third kappa shape index (κ3) is 2.69. The molecule has 2 nitrogen and oxygen atoms in total. The predicted octanol–water partition coefficient (Wildman–Crippen LogP) is 2.16. The molecule has 0 spiro atoms. The number of halogens is 1. The third-order valence-corrected chi connectivity index (χ3v) is 2.58. The van der Waals surface area contributed by atoms with Gasteiger partial charge in [0.15, 0.2) is 0 Å². The molecular weight excluding hydrogens is 180 g/mol. The highest BCUT2D eigenvalue weighted by atomic mass is 35.5. The first-order valence-corrected chi connectivity index (χ1v) is 4.77. The molecule has 0 saturated heterocycles. The molecule has 0 unspecified atom stereocenters. The lowest BCUT2D eigenvalue weighted by Gasteiger charge is -2.01. The highest BCUT2D eigenvalue weighted by Gasteiger charge is 1.98. The van der Waals surface area contributed by atoms with E-state index in [1.54, 1.807) is 11.3 Å². The smallest absolute Gasteiger partial charge is 0.107 e. The van der Waals surface area contributed by atoms with Crippen molar-refractivity contribution in [2.24, 2.45) is 5.73 Å². The van der Waals surface area contributed by atoms with Crippen molar-refractivity contribution in [1.29, 1.82) is 0 Å². The zero-order valence-corrected chi connectivity index (χ0v) is 7.71. The van der Waals surface area contributed by atoms with Crippen LogP contribution in [0.5, 0.6) is 0 Å². The van der Waals surface area contributed by atoms with Gasteiger partial charge in [-0.1, -0.05) is 11.6 Å². The molecule has 0 aliphatic carbocycles. The van der Waals surface area contributed by atoms with E-state index >= 15 is 0 Å². The maximum atomic E-state index is 5.84. The standard InChI is InChI=1S/C7H11ClN2S/c8-6-2-5-11-7(6)10-4-1-3-9/h2,5,10H,1,3-4,9H2. The first-order chi connectivity index (χ1) is 5.34. The van der Waals surface area contributed by atoms with E-state index in [1.807, 2.05) is 11.4 Å². The third-order valence-electron chi connectivity index (χ3n) is 1.28. The molecule has 0 aliphatic rings. The minimum absolute atomic E-state index is 0.718. The Morgan fingerprint density at radius 2 is 2.45 bits per heavy atom. The summed E-state index contributed by atoms with van der Waals surface area (Å²) < 4.78 is 0. The Bertz CT molecular complexity index is 212. The molecule has 0 bridgehead atoms. The van der Waals surface area contributed by atoms with E-state index in [0.29, 0.717) is 0 Å². The molecule has 0 atom stereocenters. The first-order valence-electron chi connectivity index (χ1n) is 3.51. The quantitative estimate of drug-likeness (QED) is 0.715. The highest BCUT2D eigenvalue weighted by Crippen LogP contribution is 2.27. The van der Waals surface area contributed by atoms with Crippen LogP contribution in [0.4, 0.5) is 5.00 Å². The summed E-state index contributed by atoms with van der Waals surface area (Å²) in [5, 5.41) is 7.01. The Labute approximate surface area is 75.4 Å². The summed E-state index contributed by atoms with van der Waals surface area (Å²) in [7, 11) is 0. The molecule has 4 heteroatoms. The van der Waals surface area contributed by atoms with Crippen LogP contribution < -0.4 is 11.1 Å².